The second-order valence-electron chi connectivity index (χ2n) is 3.95. The summed E-state index contributed by atoms with van der Waals surface area (Å²) in [7, 11) is 2.15. The molecule has 1 heterocycles. The van der Waals surface area contributed by atoms with Crippen LogP contribution in [0.3, 0.4) is 0 Å². The van der Waals surface area contributed by atoms with E-state index >= 15 is 0 Å². The maximum Gasteiger partial charge on any atom is 0.0623 e. The average molecular weight is 251 g/mol. The highest BCUT2D eigenvalue weighted by molar-refractivity contribution is 7.96. The maximum atomic E-state index is 4.30. The molecule has 0 amide bonds. The Labute approximate surface area is 108 Å². The zero-order valence-corrected chi connectivity index (χ0v) is 11.5. The van der Waals surface area contributed by atoms with E-state index in [2.05, 4.69) is 34.3 Å². The Bertz CT molecular complexity index is 324. The summed E-state index contributed by atoms with van der Waals surface area (Å²) in [5.74, 6) is 0. The van der Waals surface area contributed by atoms with Crippen LogP contribution < -0.4 is 4.72 Å². The van der Waals surface area contributed by atoms with Gasteiger partial charge in [-0.2, -0.15) is 0 Å². The van der Waals surface area contributed by atoms with Gasteiger partial charge in [-0.15, -0.1) is 0 Å². The maximum absolute atomic E-state index is 4.30. The molecular formula is C13H21N3S. The summed E-state index contributed by atoms with van der Waals surface area (Å²) < 4.78 is 3.24. The number of nitrogens with one attached hydrogen (secondary N) is 1. The fraction of sp³-hybridized carbons (Fsp3) is 0.462. The Kier molecular flexibility index (Phi) is 6.93. The molecule has 0 fully saturated rings. The van der Waals surface area contributed by atoms with Crippen LogP contribution in [-0.4, -0.2) is 42.8 Å². The molecule has 0 atom stereocenters. The van der Waals surface area contributed by atoms with E-state index in [1.165, 1.54) is 5.56 Å². The van der Waals surface area contributed by atoms with Gasteiger partial charge in [-0.05, 0) is 37.4 Å². The van der Waals surface area contributed by atoms with Crippen LogP contribution in [0.4, 0.5) is 0 Å². The van der Waals surface area contributed by atoms with Gasteiger partial charge in [0.25, 0.3) is 0 Å². The first kappa shape index (κ1) is 14.2. The van der Waals surface area contributed by atoms with Crippen molar-refractivity contribution >= 4 is 18.0 Å². The Balaban J connectivity index is 2.26. The highest BCUT2D eigenvalue weighted by atomic mass is 32.2. The fourth-order valence-corrected chi connectivity index (χ4v) is 1.77. The second-order valence-corrected chi connectivity index (χ2v) is 4.64. The number of aromatic nitrogens is 1. The van der Waals surface area contributed by atoms with Crippen LogP contribution in [0, 0.1) is 0 Å². The lowest BCUT2D eigenvalue weighted by Gasteiger charge is -2.16. The van der Waals surface area contributed by atoms with E-state index < -0.39 is 0 Å². The normalized spacial score (nSPS) is 10.8. The largest absolute Gasteiger partial charge is 0.305 e. The zero-order valence-electron chi connectivity index (χ0n) is 10.6. The summed E-state index contributed by atoms with van der Waals surface area (Å²) in [6, 6.07) is 4.13. The summed E-state index contributed by atoms with van der Waals surface area (Å²) in [6.45, 7) is 6.85. The van der Waals surface area contributed by atoms with Gasteiger partial charge in [0.15, 0.2) is 0 Å². The summed E-state index contributed by atoms with van der Waals surface area (Å²) in [6.07, 6.45) is 6.79. The van der Waals surface area contributed by atoms with Crippen molar-refractivity contribution in [2.45, 2.75) is 6.42 Å². The van der Waals surface area contributed by atoms with Crippen LogP contribution in [0.5, 0.6) is 0 Å². The summed E-state index contributed by atoms with van der Waals surface area (Å²) in [4.78, 5) is 6.62. The quantitative estimate of drug-likeness (QED) is 0.565. The molecule has 4 heteroatoms. The van der Waals surface area contributed by atoms with Crippen molar-refractivity contribution in [2.75, 3.05) is 32.9 Å². The summed E-state index contributed by atoms with van der Waals surface area (Å²) >= 11 is 1.67. The molecule has 0 spiro atoms. The third kappa shape index (κ3) is 5.86. The lowest BCUT2D eigenvalue weighted by atomic mass is 10.2. The lowest BCUT2D eigenvalue weighted by molar-refractivity contribution is 0.345. The van der Waals surface area contributed by atoms with Crippen LogP contribution in [0.2, 0.25) is 0 Å². The molecule has 1 aromatic heterocycles. The van der Waals surface area contributed by atoms with Gasteiger partial charge in [0.2, 0.25) is 0 Å². The third-order valence-electron chi connectivity index (χ3n) is 2.58. The summed E-state index contributed by atoms with van der Waals surface area (Å²) in [5, 5.41) is 0. The molecule has 0 unspecified atom stereocenters. The van der Waals surface area contributed by atoms with E-state index in [1.54, 1.807) is 18.0 Å². The van der Waals surface area contributed by atoms with Gasteiger partial charge < -0.3 is 4.90 Å². The minimum Gasteiger partial charge on any atom is -0.305 e. The molecule has 94 valence electrons. The van der Waals surface area contributed by atoms with Gasteiger partial charge in [0, 0.05) is 25.8 Å². The van der Waals surface area contributed by atoms with Gasteiger partial charge in [-0.3, -0.25) is 9.71 Å². The highest BCUT2D eigenvalue weighted by Gasteiger charge is 1.99. The van der Waals surface area contributed by atoms with E-state index in [9.17, 15) is 0 Å². The molecule has 0 radical (unpaired) electrons. The van der Waals surface area contributed by atoms with Crippen LogP contribution in [0.25, 0.3) is 6.08 Å². The van der Waals surface area contributed by atoms with Crippen molar-refractivity contribution in [3.05, 3.63) is 36.2 Å². The van der Waals surface area contributed by atoms with E-state index in [0.717, 1.165) is 31.7 Å². The minimum atomic E-state index is 0.936. The van der Waals surface area contributed by atoms with E-state index in [0.29, 0.717) is 0 Å². The molecule has 0 aliphatic rings. The molecule has 0 aromatic carbocycles. The van der Waals surface area contributed by atoms with Crippen molar-refractivity contribution in [2.24, 2.45) is 0 Å². The van der Waals surface area contributed by atoms with Crippen molar-refractivity contribution in [1.82, 2.24) is 14.6 Å². The first-order valence-corrected chi connectivity index (χ1v) is 7.00. The molecule has 3 nitrogen and oxygen atoms in total. The zero-order chi connectivity index (χ0) is 12.5. The Morgan fingerprint density at radius 2 is 2.29 bits per heavy atom. The smallest absolute Gasteiger partial charge is 0.0623 e. The molecule has 0 saturated heterocycles. The molecule has 1 aromatic rings. The minimum absolute atomic E-state index is 0.936. The molecule has 0 aliphatic carbocycles. The van der Waals surface area contributed by atoms with Crippen LogP contribution in [0.15, 0.2) is 24.9 Å². The fourth-order valence-electron chi connectivity index (χ4n) is 1.47. The molecule has 0 bridgehead atoms. The Morgan fingerprint density at radius 3 is 2.88 bits per heavy atom. The van der Waals surface area contributed by atoms with E-state index in [1.807, 2.05) is 18.5 Å². The van der Waals surface area contributed by atoms with Gasteiger partial charge in [-0.1, -0.05) is 24.6 Å². The number of pyridine rings is 1. The first-order valence-electron chi connectivity index (χ1n) is 5.78. The van der Waals surface area contributed by atoms with E-state index in [4.69, 9.17) is 0 Å². The topological polar surface area (TPSA) is 28.2 Å². The number of rotatable bonds is 8. The van der Waals surface area contributed by atoms with Gasteiger partial charge in [-0.25, -0.2) is 0 Å². The SMILES string of the molecule is C=Cc1ccc(CCN(C)CCNSC)cn1. The van der Waals surface area contributed by atoms with Crippen LogP contribution in [-0.2, 0) is 6.42 Å². The highest BCUT2D eigenvalue weighted by Crippen LogP contribution is 2.02. The Morgan fingerprint density at radius 1 is 1.47 bits per heavy atom. The van der Waals surface area contributed by atoms with Gasteiger partial charge in [0.05, 0.1) is 5.69 Å². The molecule has 1 rings (SSSR count). The van der Waals surface area contributed by atoms with Crippen LogP contribution >= 0.6 is 11.9 Å². The van der Waals surface area contributed by atoms with Crippen molar-refractivity contribution in [1.29, 1.82) is 0 Å². The predicted molar refractivity (Wildman–Crippen MR) is 77.0 cm³/mol. The number of hydrogen-bond donors (Lipinski definition) is 1. The molecule has 0 saturated carbocycles. The molecule has 1 N–H and O–H groups in total. The summed E-state index contributed by atoms with van der Waals surface area (Å²) in [5.41, 5.74) is 2.21. The molecule has 0 aliphatic heterocycles. The van der Waals surface area contributed by atoms with Gasteiger partial charge >= 0.3 is 0 Å². The number of likely N-dealkylation sites (N-methyl/N-ethyl adjacent to an activating group) is 1. The van der Waals surface area contributed by atoms with Crippen molar-refractivity contribution in [3.8, 4) is 0 Å². The van der Waals surface area contributed by atoms with Crippen LogP contribution in [0.1, 0.15) is 11.3 Å². The van der Waals surface area contributed by atoms with Gasteiger partial charge in [0.1, 0.15) is 0 Å². The van der Waals surface area contributed by atoms with E-state index in [-0.39, 0.29) is 0 Å². The number of nitrogens with zero attached hydrogens (tertiary/aromatic N) is 2. The molecular weight excluding hydrogens is 230 g/mol. The molecule has 17 heavy (non-hydrogen) atoms. The van der Waals surface area contributed by atoms with Crippen molar-refractivity contribution in [3.63, 3.8) is 0 Å². The predicted octanol–water partition coefficient (Wildman–Crippen LogP) is 2.07. The average Bonchev–Trinajstić information content (AvgIpc) is 2.37. The number of hydrogen-bond acceptors (Lipinski definition) is 4. The lowest BCUT2D eigenvalue weighted by Crippen LogP contribution is -2.28. The monoisotopic (exact) mass is 251 g/mol. The first-order chi connectivity index (χ1) is 8.26. The standard InChI is InChI=1S/C13H21N3S/c1-4-13-6-5-12(11-14-13)7-9-16(2)10-8-15-17-3/h4-6,11,15H,1,7-10H2,2-3H3. The Hall–Kier alpha value is -0.840. The third-order valence-corrected chi connectivity index (χ3v) is 3.07. The second kappa shape index (κ2) is 8.28. The van der Waals surface area contributed by atoms with Crippen molar-refractivity contribution < 1.29 is 0 Å².